The van der Waals surface area contributed by atoms with Gasteiger partial charge in [-0.3, -0.25) is 0 Å². The average Bonchev–Trinajstić information content (AvgIpc) is 3.08. The minimum Gasteiger partial charge on any atom is -0.380 e. The first-order valence-electron chi connectivity index (χ1n) is 6.40. The molecular weight excluding hydrogens is 311 g/mol. The molecule has 0 spiro atoms. The third kappa shape index (κ3) is 2.43. The van der Waals surface area contributed by atoms with E-state index in [1.54, 1.807) is 23.5 Å². The summed E-state index contributed by atoms with van der Waals surface area (Å²) >= 11 is 7.42. The number of benzene rings is 1. The van der Waals surface area contributed by atoms with Gasteiger partial charge in [-0.05, 0) is 24.6 Å². The first-order valence-corrected chi connectivity index (χ1v) is 7.60. The van der Waals surface area contributed by atoms with Gasteiger partial charge in [0.2, 0.25) is 0 Å². The fourth-order valence-corrected chi connectivity index (χ4v) is 3.22. The highest BCUT2D eigenvalue weighted by molar-refractivity contribution is 7.15. The van der Waals surface area contributed by atoms with Crippen LogP contribution in [0.5, 0.6) is 0 Å². The molecule has 0 unspecified atom stereocenters. The molecule has 3 aromatic rings. The topological polar surface area (TPSA) is 52.0 Å². The number of aryl methyl sites for hydroxylation is 1. The monoisotopic (exact) mass is 322 g/mol. The van der Waals surface area contributed by atoms with Gasteiger partial charge < -0.3 is 10.3 Å². The van der Waals surface area contributed by atoms with E-state index in [2.05, 4.69) is 12.1 Å². The van der Waals surface area contributed by atoms with Crippen LogP contribution in [0, 0.1) is 5.82 Å². The van der Waals surface area contributed by atoms with Crippen molar-refractivity contribution in [3.63, 3.8) is 0 Å². The van der Waals surface area contributed by atoms with E-state index in [1.165, 1.54) is 10.9 Å². The minimum absolute atomic E-state index is 0.0412. The van der Waals surface area contributed by atoms with Crippen LogP contribution in [0.15, 0.2) is 34.9 Å². The predicted octanol–water partition coefficient (Wildman–Crippen LogP) is 5.01. The highest BCUT2D eigenvalue weighted by atomic mass is 35.5. The molecule has 0 aliphatic rings. The van der Waals surface area contributed by atoms with Gasteiger partial charge in [0.15, 0.2) is 11.6 Å². The number of aromatic nitrogens is 1. The number of hydrogen-bond acceptors (Lipinski definition) is 4. The van der Waals surface area contributed by atoms with Crippen LogP contribution in [0.4, 0.5) is 10.2 Å². The van der Waals surface area contributed by atoms with Gasteiger partial charge in [0.05, 0.1) is 15.5 Å². The second-order valence-corrected chi connectivity index (χ2v) is 6.07. The van der Waals surface area contributed by atoms with Gasteiger partial charge >= 0.3 is 0 Å². The van der Waals surface area contributed by atoms with Crippen LogP contribution >= 0.6 is 22.9 Å². The van der Waals surface area contributed by atoms with Crippen molar-refractivity contribution in [2.45, 2.75) is 13.3 Å². The van der Waals surface area contributed by atoms with Crippen LogP contribution in [0.25, 0.3) is 21.8 Å². The lowest BCUT2D eigenvalue weighted by Gasteiger charge is -2.04. The molecule has 3 nitrogen and oxygen atoms in total. The Morgan fingerprint density at radius 1 is 1.33 bits per heavy atom. The van der Waals surface area contributed by atoms with E-state index >= 15 is 0 Å². The van der Waals surface area contributed by atoms with Gasteiger partial charge in [-0.2, -0.15) is 0 Å². The molecule has 6 heteroatoms. The summed E-state index contributed by atoms with van der Waals surface area (Å²) < 4.78 is 19.6. The second-order valence-electron chi connectivity index (χ2n) is 4.49. The first-order chi connectivity index (χ1) is 10.1. The number of nitrogens with zero attached hydrogens (tertiary/aromatic N) is 1. The van der Waals surface area contributed by atoms with Crippen LogP contribution in [-0.2, 0) is 6.42 Å². The van der Waals surface area contributed by atoms with E-state index in [-0.39, 0.29) is 10.8 Å². The van der Waals surface area contributed by atoms with Crippen molar-refractivity contribution in [1.82, 2.24) is 5.16 Å². The quantitative estimate of drug-likeness (QED) is 0.737. The van der Waals surface area contributed by atoms with Crippen molar-refractivity contribution < 1.29 is 8.91 Å². The lowest BCUT2D eigenvalue weighted by Crippen LogP contribution is -1.91. The first kappa shape index (κ1) is 14.1. The third-order valence-corrected chi connectivity index (χ3v) is 4.69. The van der Waals surface area contributed by atoms with Crippen molar-refractivity contribution in [3.8, 4) is 21.8 Å². The molecule has 1 aromatic carbocycles. The molecule has 0 aliphatic heterocycles. The van der Waals surface area contributed by atoms with Crippen LogP contribution in [0.2, 0.25) is 5.02 Å². The molecule has 108 valence electrons. The summed E-state index contributed by atoms with van der Waals surface area (Å²) in [6.45, 7) is 2.07. The molecule has 21 heavy (non-hydrogen) atoms. The molecular formula is C15H12ClFN2OS. The molecule has 0 fully saturated rings. The van der Waals surface area contributed by atoms with Gasteiger partial charge in [-0.25, -0.2) is 4.39 Å². The zero-order valence-corrected chi connectivity index (χ0v) is 12.8. The molecule has 0 amide bonds. The molecule has 0 atom stereocenters. The summed E-state index contributed by atoms with van der Waals surface area (Å²) in [5.41, 5.74) is 6.60. The molecule has 3 rings (SSSR count). The molecule has 0 radical (unpaired) electrons. The van der Waals surface area contributed by atoms with Crippen molar-refractivity contribution in [2.75, 3.05) is 5.73 Å². The summed E-state index contributed by atoms with van der Waals surface area (Å²) in [5.74, 6) is 0.0959. The Labute approximate surface area is 130 Å². The summed E-state index contributed by atoms with van der Waals surface area (Å²) in [6.07, 6.45) is 0.926. The summed E-state index contributed by atoms with van der Waals surface area (Å²) in [7, 11) is 0. The van der Waals surface area contributed by atoms with Gasteiger partial charge in [0.1, 0.15) is 5.82 Å². The number of anilines is 1. The number of rotatable bonds is 3. The SMILES string of the molecule is CCc1ccc(-c2onc(N)c2-c2cccc(Cl)c2F)s1. The second kappa shape index (κ2) is 5.50. The van der Waals surface area contributed by atoms with E-state index in [4.69, 9.17) is 21.9 Å². The smallest absolute Gasteiger partial charge is 0.186 e. The summed E-state index contributed by atoms with van der Waals surface area (Å²) in [4.78, 5) is 2.07. The molecule has 0 saturated carbocycles. The van der Waals surface area contributed by atoms with Crippen LogP contribution in [0.3, 0.4) is 0 Å². The number of nitrogen functional groups attached to an aromatic ring is 1. The van der Waals surface area contributed by atoms with Crippen LogP contribution in [0.1, 0.15) is 11.8 Å². The molecule has 0 aliphatic carbocycles. The largest absolute Gasteiger partial charge is 0.380 e. The Kier molecular flexibility index (Phi) is 3.69. The highest BCUT2D eigenvalue weighted by Gasteiger charge is 2.22. The third-order valence-electron chi connectivity index (χ3n) is 3.17. The number of thiophene rings is 1. The maximum atomic E-state index is 14.3. The Morgan fingerprint density at radius 2 is 2.14 bits per heavy atom. The molecule has 2 N–H and O–H groups in total. The zero-order chi connectivity index (χ0) is 15.0. The number of nitrogens with two attached hydrogens (primary N) is 1. The minimum atomic E-state index is -0.525. The molecule has 0 saturated heterocycles. The molecule has 0 bridgehead atoms. The summed E-state index contributed by atoms with van der Waals surface area (Å²) in [6, 6.07) is 8.71. The van der Waals surface area contributed by atoms with Gasteiger partial charge in [-0.1, -0.05) is 35.8 Å². The fourth-order valence-electron chi connectivity index (χ4n) is 2.12. The van der Waals surface area contributed by atoms with Crippen molar-refractivity contribution >= 4 is 28.8 Å². The van der Waals surface area contributed by atoms with E-state index in [0.717, 1.165) is 11.3 Å². The maximum Gasteiger partial charge on any atom is 0.186 e. The maximum absolute atomic E-state index is 14.3. The number of hydrogen-bond donors (Lipinski definition) is 1. The average molecular weight is 323 g/mol. The van der Waals surface area contributed by atoms with Crippen LogP contribution in [-0.4, -0.2) is 5.16 Å². The Bertz CT molecular complexity index is 797. The van der Waals surface area contributed by atoms with Gasteiger partial charge in [0.25, 0.3) is 0 Å². The zero-order valence-electron chi connectivity index (χ0n) is 11.2. The molecule has 2 aromatic heterocycles. The predicted molar refractivity (Wildman–Crippen MR) is 84.0 cm³/mol. The van der Waals surface area contributed by atoms with E-state index < -0.39 is 5.82 Å². The summed E-state index contributed by atoms with van der Waals surface area (Å²) in [5, 5.41) is 3.82. The Balaban J connectivity index is 2.19. The lowest BCUT2D eigenvalue weighted by molar-refractivity contribution is 0.437. The fraction of sp³-hybridized carbons (Fsp3) is 0.133. The van der Waals surface area contributed by atoms with Crippen molar-refractivity contribution in [1.29, 1.82) is 0 Å². The number of halogens is 2. The van der Waals surface area contributed by atoms with E-state index in [0.29, 0.717) is 16.9 Å². The van der Waals surface area contributed by atoms with E-state index in [9.17, 15) is 4.39 Å². The standard InChI is InChI=1S/C15H12ClFN2OS/c1-2-8-6-7-11(21-8)14-12(15(18)19-20-14)9-4-3-5-10(16)13(9)17/h3-7H,2H2,1H3,(H2,18,19). The van der Waals surface area contributed by atoms with Crippen molar-refractivity contribution in [3.05, 3.63) is 46.0 Å². The Morgan fingerprint density at radius 3 is 2.86 bits per heavy atom. The Hall–Kier alpha value is -1.85. The lowest BCUT2D eigenvalue weighted by atomic mass is 10.0. The normalized spacial score (nSPS) is 11.0. The highest BCUT2D eigenvalue weighted by Crippen LogP contribution is 2.41. The van der Waals surface area contributed by atoms with Crippen LogP contribution < -0.4 is 5.73 Å². The van der Waals surface area contributed by atoms with Crippen molar-refractivity contribution in [2.24, 2.45) is 0 Å². The van der Waals surface area contributed by atoms with Gasteiger partial charge in [-0.15, -0.1) is 11.3 Å². The molecule has 2 heterocycles. The van der Waals surface area contributed by atoms with E-state index in [1.807, 2.05) is 12.1 Å². The van der Waals surface area contributed by atoms with Gasteiger partial charge in [0, 0.05) is 10.4 Å².